The van der Waals surface area contributed by atoms with Crippen LogP contribution in [0.1, 0.15) is 12.5 Å². The molecule has 3 N–H and O–H groups in total. The molecule has 1 aromatic rings. The predicted molar refractivity (Wildman–Crippen MR) is 76.3 cm³/mol. The highest BCUT2D eigenvalue weighted by molar-refractivity contribution is 6.37. The van der Waals surface area contributed by atoms with Crippen LogP contribution in [0.2, 0.25) is 0 Å². The number of hydrogen-bond acceptors (Lipinski definition) is 5. The molecule has 1 aromatic carbocycles. The first kappa shape index (κ1) is 16.6. The Hall–Kier alpha value is -2.41. The lowest BCUT2D eigenvalue weighted by Gasteiger charge is -2.17. The first-order valence-corrected chi connectivity index (χ1v) is 6.43. The molecule has 7 nitrogen and oxygen atoms in total. The van der Waals surface area contributed by atoms with Gasteiger partial charge in [0.25, 0.3) is 0 Å². The molecule has 0 aliphatic rings. The Morgan fingerprint density at radius 1 is 1.29 bits per heavy atom. The van der Waals surface area contributed by atoms with Crippen molar-refractivity contribution in [3.8, 4) is 5.75 Å². The molecule has 0 fully saturated rings. The number of methoxy groups -OCH3 is 1. The number of ether oxygens (including phenoxy) is 1. The van der Waals surface area contributed by atoms with Gasteiger partial charge in [-0.15, -0.1) is 0 Å². The van der Waals surface area contributed by atoms with E-state index in [4.69, 9.17) is 10.5 Å². The lowest BCUT2D eigenvalue weighted by atomic mass is 10.2. The molecular weight excluding hydrogens is 274 g/mol. The SMILES string of the molecule is COc1ccccc1CNC(=O)C(=O)N(CCN)C(C)=O. The Labute approximate surface area is 123 Å². The van der Waals surface area contributed by atoms with Crippen LogP contribution in [0.15, 0.2) is 24.3 Å². The highest BCUT2D eigenvalue weighted by Crippen LogP contribution is 2.16. The van der Waals surface area contributed by atoms with Crippen LogP contribution in [-0.4, -0.2) is 42.8 Å². The average molecular weight is 293 g/mol. The molecule has 0 spiro atoms. The summed E-state index contributed by atoms with van der Waals surface area (Å²) in [5.74, 6) is -1.68. The van der Waals surface area contributed by atoms with E-state index >= 15 is 0 Å². The van der Waals surface area contributed by atoms with E-state index in [1.54, 1.807) is 24.3 Å². The number of hydrogen-bond donors (Lipinski definition) is 2. The molecule has 0 atom stereocenters. The summed E-state index contributed by atoms with van der Waals surface area (Å²) in [7, 11) is 1.52. The minimum Gasteiger partial charge on any atom is -0.496 e. The van der Waals surface area contributed by atoms with E-state index in [0.717, 1.165) is 10.5 Å². The fourth-order valence-corrected chi connectivity index (χ4v) is 1.75. The van der Waals surface area contributed by atoms with Gasteiger partial charge in [0.2, 0.25) is 5.91 Å². The van der Waals surface area contributed by atoms with Crippen LogP contribution < -0.4 is 15.8 Å². The van der Waals surface area contributed by atoms with Crippen molar-refractivity contribution < 1.29 is 19.1 Å². The van der Waals surface area contributed by atoms with Crippen molar-refractivity contribution in [2.24, 2.45) is 5.73 Å². The van der Waals surface area contributed by atoms with Crippen molar-refractivity contribution in [2.45, 2.75) is 13.5 Å². The molecule has 0 aliphatic heterocycles. The number of imide groups is 1. The molecule has 0 heterocycles. The number of para-hydroxylation sites is 1. The van der Waals surface area contributed by atoms with Gasteiger partial charge in [-0.1, -0.05) is 18.2 Å². The highest BCUT2D eigenvalue weighted by Gasteiger charge is 2.24. The summed E-state index contributed by atoms with van der Waals surface area (Å²) >= 11 is 0. The van der Waals surface area contributed by atoms with Crippen molar-refractivity contribution >= 4 is 17.7 Å². The molecule has 7 heteroatoms. The zero-order valence-corrected chi connectivity index (χ0v) is 12.1. The van der Waals surface area contributed by atoms with Gasteiger partial charge in [-0.3, -0.25) is 19.3 Å². The van der Waals surface area contributed by atoms with Crippen molar-refractivity contribution in [1.29, 1.82) is 0 Å². The van der Waals surface area contributed by atoms with Crippen molar-refractivity contribution in [1.82, 2.24) is 10.2 Å². The maximum absolute atomic E-state index is 11.9. The third-order valence-corrected chi connectivity index (χ3v) is 2.80. The molecule has 21 heavy (non-hydrogen) atoms. The topological polar surface area (TPSA) is 102 Å². The van der Waals surface area contributed by atoms with Gasteiger partial charge in [0, 0.05) is 32.1 Å². The second-order valence-electron chi connectivity index (χ2n) is 4.26. The molecular formula is C14H19N3O4. The number of amides is 3. The van der Waals surface area contributed by atoms with E-state index in [9.17, 15) is 14.4 Å². The molecule has 114 valence electrons. The Bertz CT molecular complexity index is 531. The van der Waals surface area contributed by atoms with Crippen LogP contribution >= 0.6 is 0 Å². The third-order valence-electron chi connectivity index (χ3n) is 2.80. The van der Waals surface area contributed by atoms with Crippen molar-refractivity contribution in [3.05, 3.63) is 29.8 Å². The van der Waals surface area contributed by atoms with E-state index in [1.165, 1.54) is 14.0 Å². The Kier molecular flexibility index (Phi) is 6.35. The van der Waals surface area contributed by atoms with Crippen LogP contribution in [0.3, 0.4) is 0 Å². The molecule has 1 rings (SSSR count). The minimum atomic E-state index is -0.914. The van der Waals surface area contributed by atoms with E-state index in [-0.39, 0.29) is 19.6 Å². The van der Waals surface area contributed by atoms with Gasteiger partial charge in [0.15, 0.2) is 0 Å². The first-order chi connectivity index (χ1) is 10.0. The van der Waals surface area contributed by atoms with Crippen LogP contribution in [0.5, 0.6) is 5.75 Å². The Balaban J connectivity index is 2.68. The van der Waals surface area contributed by atoms with E-state index < -0.39 is 17.7 Å². The normalized spacial score (nSPS) is 9.86. The monoisotopic (exact) mass is 293 g/mol. The third kappa shape index (κ3) is 4.57. The molecule has 0 aromatic heterocycles. The van der Waals surface area contributed by atoms with E-state index in [0.29, 0.717) is 5.75 Å². The van der Waals surface area contributed by atoms with Crippen LogP contribution in [0.4, 0.5) is 0 Å². The largest absolute Gasteiger partial charge is 0.496 e. The summed E-state index contributed by atoms with van der Waals surface area (Å²) in [6, 6.07) is 7.11. The first-order valence-electron chi connectivity index (χ1n) is 6.43. The maximum Gasteiger partial charge on any atom is 0.318 e. The number of carbonyl (C=O) groups excluding carboxylic acids is 3. The van der Waals surface area contributed by atoms with Gasteiger partial charge in [-0.2, -0.15) is 0 Å². The van der Waals surface area contributed by atoms with Crippen LogP contribution in [0, 0.1) is 0 Å². The molecule has 0 aliphatic carbocycles. The Morgan fingerprint density at radius 2 is 1.95 bits per heavy atom. The quantitative estimate of drug-likeness (QED) is 0.722. The number of carbonyl (C=O) groups is 3. The lowest BCUT2D eigenvalue weighted by molar-refractivity contribution is -0.151. The van der Waals surface area contributed by atoms with Gasteiger partial charge in [-0.25, -0.2) is 0 Å². The maximum atomic E-state index is 11.9. The van der Waals surface area contributed by atoms with E-state index in [1.807, 2.05) is 0 Å². The highest BCUT2D eigenvalue weighted by atomic mass is 16.5. The molecule has 0 saturated carbocycles. The Morgan fingerprint density at radius 3 is 2.52 bits per heavy atom. The van der Waals surface area contributed by atoms with Crippen LogP contribution in [-0.2, 0) is 20.9 Å². The zero-order valence-electron chi connectivity index (χ0n) is 12.1. The number of nitrogens with zero attached hydrogens (tertiary/aromatic N) is 1. The van der Waals surface area contributed by atoms with Gasteiger partial charge in [0.05, 0.1) is 7.11 Å². The zero-order chi connectivity index (χ0) is 15.8. The summed E-state index contributed by atoms with van der Waals surface area (Å²) in [6.45, 7) is 1.45. The van der Waals surface area contributed by atoms with Gasteiger partial charge >= 0.3 is 11.8 Å². The summed E-state index contributed by atoms with van der Waals surface area (Å²) in [5, 5.41) is 2.46. The number of nitrogens with one attached hydrogen (secondary N) is 1. The fraction of sp³-hybridized carbons (Fsp3) is 0.357. The number of nitrogens with two attached hydrogens (primary N) is 1. The number of rotatable bonds is 5. The summed E-state index contributed by atoms with van der Waals surface area (Å²) < 4.78 is 5.15. The standard InChI is InChI=1S/C14H19N3O4/c1-10(18)17(8-7-15)14(20)13(19)16-9-11-5-3-4-6-12(11)21-2/h3-6H,7-9,15H2,1-2H3,(H,16,19). The van der Waals surface area contributed by atoms with Gasteiger partial charge < -0.3 is 15.8 Å². The molecule has 3 amide bonds. The fourth-order valence-electron chi connectivity index (χ4n) is 1.75. The molecule has 0 bridgehead atoms. The summed E-state index contributed by atoms with van der Waals surface area (Å²) in [4.78, 5) is 35.8. The average Bonchev–Trinajstić information content (AvgIpc) is 2.49. The second kappa shape index (κ2) is 8.01. The van der Waals surface area contributed by atoms with Gasteiger partial charge in [0.1, 0.15) is 5.75 Å². The molecule has 0 unspecified atom stereocenters. The van der Waals surface area contributed by atoms with Crippen molar-refractivity contribution in [3.63, 3.8) is 0 Å². The minimum absolute atomic E-state index is 0.0102. The molecule has 0 saturated heterocycles. The smallest absolute Gasteiger partial charge is 0.318 e. The lowest BCUT2D eigenvalue weighted by Crippen LogP contribution is -2.46. The van der Waals surface area contributed by atoms with E-state index in [2.05, 4.69) is 5.32 Å². The summed E-state index contributed by atoms with van der Waals surface area (Å²) in [6.07, 6.45) is 0. The molecule has 0 radical (unpaired) electrons. The second-order valence-corrected chi connectivity index (χ2v) is 4.26. The van der Waals surface area contributed by atoms with Gasteiger partial charge in [-0.05, 0) is 6.07 Å². The summed E-state index contributed by atoms with van der Waals surface area (Å²) in [5.41, 5.74) is 6.04. The number of benzene rings is 1. The van der Waals surface area contributed by atoms with Crippen LogP contribution in [0.25, 0.3) is 0 Å². The predicted octanol–water partition coefficient (Wildman–Crippen LogP) is -0.355. The van der Waals surface area contributed by atoms with Crippen molar-refractivity contribution in [2.75, 3.05) is 20.2 Å².